The number of aryl methyl sites for hydroxylation is 2. The van der Waals surface area contributed by atoms with Crippen LogP contribution in [0.5, 0.6) is 0 Å². The van der Waals surface area contributed by atoms with E-state index in [-0.39, 0.29) is 5.56 Å². The van der Waals surface area contributed by atoms with Gasteiger partial charge in [0, 0.05) is 24.5 Å². The van der Waals surface area contributed by atoms with Gasteiger partial charge in [0.25, 0.3) is 0 Å². The molecule has 0 aromatic heterocycles. The van der Waals surface area contributed by atoms with Crippen LogP contribution in [0.2, 0.25) is 0 Å². The zero-order valence-corrected chi connectivity index (χ0v) is 19.5. The molecule has 3 aromatic carbocycles. The summed E-state index contributed by atoms with van der Waals surface area (Å²) in [6.45, 7) is 2.26. The maximum absolute atomic E-state index is 11.4. The SMILES string of the molecule is O=C(O)c1ccccc1Nc1ccc(CCc2ccc(N3CC[C@@H]4CCCC=C4C3)cc2)cc1. The fourth-order valence-corrected chi connectivity index (χ4v) is 5.21. The van der Waals surface area contributed by atoms with E-state index < -0.39 is 5.97 Å². The first-order chi connectivity index (χ1) is 16.7. The molecule has 1 saturated heterocycles. The molecule has 0 saturated carbocycles. The molecule has 0 bridgehead atoms. The van der Waals surface area contributed by atoms with Crippen LogP contribution in [0.3, 0.4) is 0 Å². The molecule has 0 amide bonds. The van der Waals surface area contributed by atoms with Crippen molar-refractivity contribution in [3.05, 3.63) is 101 Å². The van der Waals surface area contributed by atoms with Crippen LogP contribution in [0, 0.1) is 5.92 Å². The molecule has 4 nitrogen and oxygen atoms in total. The van der Waals surface area contributed by atoms with Gasteiger partial charge in [0.05, 0.1) is 11.3 Å². The van der Waals surface area contributed by atoms with Gasteiger partial charge < -0.3 is 15.3 Å². The molecule has 0 spiro atoms. The average molecular weight is 453 g/mol. The number of nitrogens with zero attached hydrogens (tertiary/aromatic N) is 1. The van der Waals surface area contributed by atoms with Crippen molar-refractivity contribution in [1.29, 1.82) is 0 Å². The number of carbonyl (C=O) groups is 1. The quantitative estimate of drug-likeness (QED) is 0.385. The lowest BCUT2D eigenvalue weighted by molar-refractivity contribution is 0.0698. The number of benzene rings is 3. The van der Waals surface area contributed by atoms with Gasteiger partial charge in [0.15, 0.2) is 0 Å². The van der Waals surface area contributed by atoms with E-state index in [9.17, 15) is 9.90 Å². The number of para-hydroxylation sites is 1. The summed E-state index contributed by atoms with van der Waals surface area (Å²) >= 11 is 0. The van der Waals surface area contributed by atoms with E-state index in [1.54, 1.807) is 23.8 Å². The van der Waals surface area contributed by atoms with Crippen molar-refractivity contribution in [3.63, 3.8) is 0 Å². The first-order valence-electron chi connectivity index (χ1n) is 12.4. The number of hydrogen-bond acceptors (Lipinski definition) is 3. The zero-order chi connectivity index (χ0) is 23.3. The Kier molecular flexibility index (Phi) is 6.66. The van der Waals surface area contributed by atoms with Crippen molar-refractivity contribution in [2.75, 3.05) is 23.3 Å². The molecular weight excluding hydrogens is 420 g/mol. The number of allylic oxidation sites excluding steroid dienone is 1. The lowest BCUT2D eigenvalue weighted by Gasteiger charge is -2.37. The number of carboxylic acid groups (broad SMARTS) is 1. The van der Waals surface area contributed by atoms with E-state index in [0.717, 1.165) is 31.0 Å². The number of anilines is 3. The van der Waals surface area contributed by atoms with Gasteiger partial charge in [-0.2, -0.15) is 0 Å². The Hall–Kier alpha value is -3.53. The monoisotopic (exact) mass is 452 g/mol. The molecule has 1 atom stereocenters. The van der Waals surface area contributed by atoms with Crippen molar-refractivity contribution >= 4 is 23.0 Å². The van der Waals surface area contributed by atoms with Gasteiger partial charge in [-0.1, -0.05) is 48.0 Å². The minimum Gasteiger partial charge on any atom is -0.478 e. The lowest BCUT2D eigenvalue weighted by atomic mass is 9.82. The molecule has 3 aromatic rings. The van der Waals surface area contributed by atoms with E-state index in [0.29, 0.717) is 5.69 Å². The number of piperidine rings is 1. The second-order valence-corrected chi connectivity index (χ2v) is 9.46. The Balaban J connectivity index is 1.16. The number of aromatic carboxylic acids is 1. The minimum absolute atomic E-state index is 0.273. The van der Waals surface area contributed by atoms with Crippen LogP contribution in [0.4, 0.5) is 17.1 Å². The van der Waals surface area contributed by atoms with Gasteiger partial charge in [-0.25, -0.2) is 4.79 Å². The summed E-state index contributed by atoms with van der Waals surface area (Å²) < 4.78 is 0. The number of hydrogen-bond donors (Lipinski definition) is 2. The third kappa shape index (κ3) is 5.17. The topological polar surface area (TPSA) is 52.6 Å². The second kappa shape index (κ2) is 10.2. The number of rotatable bonds is 7. The number of carboxylic acids is 1. The molecule has 1 aliphatic heterocycles. The molecule has 2 N–H and O–H groups in total. The molecule has 0 radical (unpaired) electrons. The highest BCUT2D eigenvalue weighted by Gasteiger charge is 2.25. The Labute approximate surface area is 201 Å². The van der Waals surface area contributed by atoms with Gasteiger partial charge in [-0.05, 0) is 92.0 Å². The first-order valence-corrected chi connectivity index (χ1v) is 12.4. The number of nitrogens with one attached hydrogen (secondary N) is 1. The fraction of sp³-hybridized carbons (Fsp3) is 0.300. The van der Waals surface area contributed by atoms with Crippen LogP contribution in [-0.4, -0.2) is 24.2 Å². The highest BCUT2D eigenvalue weighted by atomic mass is 16.4. The molecule has 1 fully saturated rings. The highest BCUT2D eigenvalue weighted by Crippen LogP contribution is 2.34. The normalized spacial score (nSPS) is 17.6. The van der Waals surface area contributed by atoms with Crippen molar-refractivity contribution in [1.82, 2.24) is 0 Å². The van der Waals surface area contributed by atoms with Crippen LogP contribution in [0.1, 0.15) is 47.2 Å². The van der Waals surface area contributed by atoms with Crippen molar-refractivity contribution in [2.45, 2.75) is 38.5 Å². The highest BCUT2D eigenvalue weighted by molar-refractivity contribution is 5.95. The molecule has 5 rings (SSSR count). The zero-order valence-electron chi connectivity index (χ0n) is 19.5. The lowest BCUT2D eigenvalue weighted by Crippen LogP contribution is -2.36. The summed E-state index contributed by atoms with van der Waals surface area (Å²) in [7, 11) is 0. The largest absolute Gasteiger partial charge is 0.478 e. The van der Waals surface area contributed by atoms with Crippen molar-refractivity contribution in [2.24, 2.45) is 5.92 Å². The average Bonchev–Trinajstić information content (AvgIpc) is 2.88. The number of fused-ring (bicyclic) bond motifs is 1. The predicted molar refractivity (Wildman–Crippen MR) is 139 cm³/mol. The standard InChI is InChI=1S/C30H32N2O2/c33-30(34)28-7-3-4-8-29(28)31-26-15-11-22(12-16-26)9-10-23-13-17-27(18-14-23)32-20-19-24-5-1-2-6-25(24)21-32/h3-4,6-8,11-18,24,31H,1-2,5,9-10,19-21H2,(H,33,34)/t24-/m0/s1. The van der Waals surface area contributed by atoms with E-state index in [1.165, 1.54) is 49.0 Å². The van der Waals surface area contributed by atoms with Crippen LogP contribution in [-0.2, 0) is 12.8 Å². The summed E-state index contributed by atoms with van der Waals surface area (Å²) in [6, 6.07) is 24.3. The van der Waals surface area contributed by atoms with E-state index in [2.05, 4.69) is 52.7 Å². The minimum atomic E-state index is -0.929. The summed E-state index contributed by atoms with van der Waals surface area (Å²) in [5, 5.41) is 12.6. The van der Waals surface area contributed by atoms with Gasteiger partial charge >= 0.3 is 5.97 Å². The molecule has 1 aliphatic carbocycles. The Morgan fingerprint density at radius 3 is 2.35 bits per heavy atom. The third-order valence-corrected chi connectivity index (χ3v) is 7.20. The van der Waals surface area contributed by atoms with Gasteiger partial charge in [0.1, 0.15) is 0 Å². The Morgan fingerprint density at radius 2 is 1.62 bits per heavy atom. The van der Waals surface area contributed by atoms with Crippen LogP contribution >= 0.6 is 0 Å². The van der Waals surface area contributed by atoms with Gasteiger partial charge in [-0.15, -0.1) is 0 Å². The molecule has 4 heteroatoms. The summed E-state index contributed by atoms with van der Waals surface area (Å²) in [5.74, 6) is -0.0981. The van der Waals surface area contributed by atoms with E-state index in [4.69, 9.17) is 0 Å². The smallest absolute Gasteiger partial charge is 0.337 e. The van der Waals surface area contributed by atoms with Crippen LogP contribution in [0.25, 0.3) is 0 Å². The van der Waals surface area contributed by atoms with Crippen molar-refractivity contribution in [3.8, 4) is 0 Å². The molecule has 174 valence electrons. The molecular formula is C30H32N2O2. The molecule has 2 aliphatic rings. The third-order valence-electron chi connectivity index (χ3n) is 7.20. The van der Waals surface area contributed by atoms with Crippen LogP contribution < -0.4 is 10.2 Å². The van der Waals surface area contributed by atoms with E-state index in [1.807, 2.05) is 18.2 Å². The molecule has 1 heterocycles. The summed E-state index contributed by atoms with van der Waals surface area (Å²) in [4.78, 5) is 13.9. The van der Waals surface area contributed by atoms with Crippen LogP contribution in [0.15, 0.2) is 84.4 Å². The van der Waals surface area contributed by atoms with E-state index >= 15 is 0 Å². The second-order valence-electron chi connectivity index (χ2n) is 9.46. The Morgan fingerprint density at radius 1 is 0.912 bits per heavy atom. The van der Waals surface area contributed by atoms with Gasteiger partial charge in [-0.3, -0.25) is 0 Å². The fourth-order valence-electron chi connectivity index (χ4n) is 5.21. The summed E-state index contributed by atoms with van der Waals surface area (Å²) in [6.07, 6.45) is 9.75. The maximum atomic E-state index is 11.4. The van der Waals surface area contributed by atoms with Crippen molar-refractivity contribution < 1.29 is 9.90 Å². The van der Waals surface area contributed by atoms with Gasteiger partial charge in [0.2, 0.25) is 0 Å². The Bertz CT molecular complexity index is 1170. The first kappa shape index (κ1) is 22.3. The molecule has 0 unspecified atom stereocenters. The predicted octanol–water partition coefficient (Wildman–Crippen LogP) is 6.85. The summed E-state index contributed by atoms with van der Waals surface area (Å²) in [5.41, 5.74) is 7.39. The molecule has 34 heavy (non-hydrogen) atoms. The maximum Gasteiger partial charge on any atom is 0.337 e.